The normalized spacial score (nSPS) is 10.5. The van der Waals surface area contributed by atoms with Gasteiger partial charge >= 0.3 is 0 Å². The zero-order chi connectivity index (χ0) is 19.6. The predicted molar refractivity (Wildman–Crippen MR) is 102 cm³/mol. The van der Waals surface area contributed by atoms with Crippen molar-refractivity contribution in [2.24, 2.45) is 0 Å². The number of hydrogen-bond acceptors (Lipinski definition) is 6. The van der Waals surface area contributed by atoms with Crippen molar-refractivity contribution >= 4 is 17.3 Å². The lowest BCUT2D eigenvalue weighted by Gasteiger charge is -2.16. The second kappa shape index (κ2) is 10.1. The van der Waals surface area contributed by atoms with E-state index < -0.39 is 4.92 Å². The van der Waals surface area contributed by atoms with E-state index in [1.165, 1.54) is 18.2 Å². The van der Waals surface area contributed by atoms with E-state index in [2.05, 4.69) is 5.32 Å². The smallest absolute Gasteiger partial charge is 0.271 e. The van der Waals surface area contributed by atoms with Crippen LogP contribution in [0.3, 0.4) is 0 Å². The maximum Gasteiger partial charge on any atom is 0.271 e. The number of methoxy groups -OCH3 is 1. The van der Waals surface area contributed by atoms with E-state index in [9.17, 15) is 14.9 Å². The summed E-state index contributed by atoms with van der Waals surface area (Å²) in [5.41, 5.74) is 0.361. The van der Waals surface area contributed by atoms with Crippen molar-refractivity contribution in [2.75, 3.05) is 39.2 Å². The van der Waals surface area contributed by atoms with Gasteiger partial charge in [0.05, 0.1) is 12.0 Å². The van der Waals surface area contributed by atoms with Gasteiger partial charge < -0.3 is 19.7 Å². The zero-order valence-electron chi connectivity index (χ0n) is 15.4. The first kappa shape index (κ1) is 20.2. The Morgan fingerprint density at radius 1 is 1.15 bits per heavy atom. The molecule has 0 radical (unpaired) electrons. The Balaban J connectivity index is 1.68. The largest absolute Gasteiger partial charge is 0.497 e. The maximum absolute atomic E-state index is 12.0. The summed E-state index contributed by atoms with van der Waals surface area (Å²) in [6.45, 7) is 1.71. The predicted octanol–water partition coefficient (Wildman–Crippen LogP) is 2.94. The summed E-state index contributed by atoms with van der Waals surface area (Å²) in [7, 11) is 3.51. The van der Waals surface area contributed by atoms with Gasteiger partial charge in [-0.2, -0.15) is 0 Å². The monoisotopic (exact) mass is 373 g/mol. The van der Waals surface area contributed by atoms with Gasteiger partial charge in [0.1, 0.15) is 18.1 Å². The molecule has 0 unspecified atom stereocenters. The van der Waals surface area contributed by atoms with Gasteiger partial charge in [0.25, 0.3) is 5.69 Å². The van der Waals surface area contributed by atoms with E-state index in [0.29, 0.717) is 25.4 Å². The van der Waals surface area contributed by atoms with Crippen LogP contribution in [-0.2, 0) is 4.79 Å². The van der Waals surface area contributed by atoms with Crippen molar-refractivity contribution in [3.8, 4) is 11.5 Å². The quantitative estimate of drug-likeness (QED) is 0.508. The van der Waals surface area contributed by atoms with Crippen molar-refractivity contribution in [1.29, 1.82) is 0 Å². The molecule has 1 amide bonds. The van der Waals surface area contributed by atoms with E-state index in [-0.39, 0.29) is 18.0 Å². The van der Waals surface area contributed by atoms with Crippen LogP contribution >= 0.6 is 0 Å². The number of benzene rings is 2. The number of amides is 1. The topological polar surface area (TPSA) is 93.9 Å². The molecule has 2 aromatic rings. The van der Waals surface area contributed by atoms with Crippen LogP contribution in [-0.4, -0.2) is 49.6 Å². The third-order valence-corrected chi connectivity index (χ3v) is 3.86. The van der Waals surface area contributed by atoms with Gasteiger partial charge in [0.15, 0.2) is 0 Å². The Labute approximate surface area is 157 Å². The lowest BCUT2D eigenvalue weighted by Crippen LogP contribution is -2.28. The molecule has 0 bridgehead atoms. The van der Waals surface area contributed by atoms with Crippen molar-refractivity contribution < 1.29 is 19.2 Å². The summed E-state index contributed by atoms with van der Waals surface area (Å²) in [6.07, 6.45) is 0.279. The molecule has 8 nitrogen and oxygen atoms in total. The summed E-state index contributed by atoms with van der Waals surface area (Å²) in [5, 5.41) is 13.4. The molecule has 2 rings (SSSR count). The Morgan fingerprint density at radius 2 is 1.85 bits per heavy atom. The van der Waals surface area contributed by atoms with Crippen LogP contribution in [0.25, 0.3) is 0 Å². The molecule has 8 heteroatoms. The highest BCUT2D eigenvalue weighted by molar-refractivity contribution is 5.91. The fraction of sp³-hybridized carbons (Fsp3) is 0.316. The second-order valence-electron chi connectivity index (χ2n) is 5.93. The number of ether oxygens (including phenoxy) is 2. The molecule has 0 saturated carbocycles. The molecule has 1 N–H and O–H groups in total. The maximum atomic E-state index is 12.0. The molecular weight excluding hydrogens is 350 g/mol. The first-order valence-electron chi connectivity index (χ1n) is 8.47. The first-order valence-corrected chi connectivity index (χ1v) is 8.47. The zero-order valence-corrected chi connectivity index (χ0v) is 15.4. The van der Waals surface area contributed by atoms with E-state index in [1.54, 1.807) is 13.2 Å². The van der Waals surface area contributed by atoms with Gasteiger partial charge in [-0.05, 0) is 37.4 Å². The number of nitrogens with one attached hydrogen (secondary N) is 1. The number of rotatable bonds is 10. The molecule has 2 aromatic carbocycles. The minimum absolute atomic E-state index is 0.0550. The number of anilines is 1. The molecule has 0 aliphatic rings. The Hall–Kier alpha value is -3.13. The lowest BCUT2D eigenvalue weighted by molar-refractivity contribution is -0.384. The Morgan fingerprint density at radius 3 is 2.52 bits per heavy atom. The molecule has 0 spiro atoms. The highest BCUT2D eigenvalue weighted by Gasteiger charge is 2.09. The number of carbonyl (C=O) groups is 1. The standard InChI is InChI=1S/C19H23N3O5/c1-21(12-13-27-18-8-6-17(26-2)7-9-18)11-10-19(23)20-15-4-3-5-16(14-15)22(24)25/h3-9,14H,10-13H2,1-2H3,(H,20,23). The highest BCUT2D eigenvalue weighted by atomic mass is 16.6. The molecule has 0 atom stereocenters. The molecule has 0 heterocycles. The molecule has 0 fully saturated rings. The number of carbonyl (C=O) groups excluding carboxylic acids is 1. The van der Waals surface area contributed by atoms with Crippen LogP contribution in [0.4, 0.5) is 11.4 Å². The fourth-order valence-corrected chi connectivity index (χ4v) is 2.32. The molecule has 27 heavy (non-hydrogen) atoms. The van der Waals surface area contributed by atoms with Crippen LogP contribution in [0.2, 0.25) is 0 Å². The van der Waals surface area contributed by atoms with E-state index in [4.69, 9.17) is 9.47 Å². The van der Waals surface area contributed by atoms with Gasteiger partial charge in [-0.3, -0.25) is 14.9 Å². The van der Waals surface area contributed by atoms with Crippen molar-refractivity contribution in [2.45, 2.75) is 6.42 Å². The number of non-ortho nitro benzene ring substituents is 1. The van der Waals surface area contributed by atoms with Crippen molar-refractivity contribution in [3.05, 3.63) is 58.6 Å². The summed E-state index contributed by atoms with van der Waals surface area (Å²) >= 11 is 0. The van der Waals surface area contributed by atoms with Crippen molar-refractivity contribution in [1.82, 2.24) is 4.90 Å². The number of nitrogens with zero attached hydrogens (tertiary/aromatic N) is 2. The average Bonchev–Trinajstić information content (AvgIpc) is 2.67. The Bertz CT molecular complexity index is 764. The fourth-order valence-electron chi connectivity index (χ4n) is 2.32. The molecule has 0 aliphatic carbocycles. The number of hydrogen-bond donors (Lipinski definition) is 1. The summed E-state index contributed by atoms with van der Waals surface area (Å²) < 4.78 is 10.7. The molecule has 144 valence electrons. The van der Waals surface area contributed by atoms with E-state index >= 15 is 0 Å². The molecule has 0 aliphatic heterocycles. The number of likely N-dealkylation sites (N-methyl/N-ethyl adjacent to an activating group) is 1. The van der Waals surface area contributed by atoms with Gasteiger partial charge in [-0.1, -0.05) is 6.07 Å². The van der Waals surface area contributed by atoms with Gasteiger partial charge in [0.2, 0.25) is 5.91 Å². The Kier molecular flexibility index (Phi) is 7.57. The van der Waals surface area contributed by atoms with Crippen molar-refractivity contribution in [3.63, 3.8) is 0 Å². The second-order valence-corrected chi connectivity index (χ2v) is 5.93. The first-order chi connectivity index (χ1) is 13.0. The number of nitro groups is 1. The van der Waals surface area contributed by atoms with Gasteiger partial charge in [-0.25, -0.2) is 0 Å². The molecule has 0 saturated heterocycles. The third kappa shape index (κ3) is 6.95. The highest BCUT2D eigenvalue weighted by Crippen LogP contribution is 2.18. The summed E-state index contributed by atoms with van der Waals surface area (Å²) in [4.78, 5) is 24.2. The van der Waals surface area contributed by atoms with E-state index in [1.807, 2.05) is 36.2 Å². The van der Waals surface area contributed by atoms with Crippen LogP contribution in [0, 0.1) is 10.1 Å². The summed E-state index contributed by atoms with van der Waals surface area (Å²) in [5.74, 6) is 1.33. The van der Waals surface area contributed by atoms with Crippen LogP contribution in [0.5, 0.6) is 11.5 Å². The lowest BCUT2D eigenvalue weighted by atomic mass is 10.2. The van der Waals surface area contributed by atoms with Gasteiger partial charge in [0, 0.05) is 37.3 Å². The molecule has 0 aromatic heterocycles. The van der Waals surface area contributed by atoms with Crippen LogP contribution < -0.4 is 14.8 Å². The average molecular weight is 373 g/mol. The number of nitro benzene ring substituents is 1. The SMILES string of the molecule is COc1ccc(OCCN(C)CCC(=O)Nc2cccc([N+](=O)[O-])c2)cc1. The van der Waals surface area contributed by atoms with Crippen LogP contribution in [0.15, 0.2) is 48.5 Å². The van der Waals surface area contributed by atoms with Gasteiger partial charge in [-0.15, -0.1) is 0 Å². The van der Waals surface area contributed by atoms with E-state index in [0.717, 1.165) is 11.5 Å². The third-order valence-electron chi connectivity index (χ3n) is 3.86. The molecular formula is C19H23N3O5. The minimum Gasteiger partial charge on any atom is -0.497 e. The summed E-state index contributed by atoms with van der Waals surface area (Å²) in [6, 6.07) is 13.2. The minimum atomic E-state index is -0.494. The van der Waals surface area contributed by atoms with Crippen LogP contribution in [0.1, 0.15) is 6.42 Å².